The van der Waals surface area contributed by atoms with E-state index in [1.54, 1.807) is 7.11 Å². The molecule has 0 amide bonds. The zero-order chi connectivity index (χ0) is 10.7. The van der Waals surface area contributed by atoms with Crippen molar-refractivity contribution in [2.45, 2.75) is 0 Å². The summed E-state index contributed by atoms with van der Waals surface area (Å²) < 4.78 is 5.17. The summed E-state index contributed by atoms with van der Waals surface area (Å²) in [7, 11) is 1.58. The third-order valence-corrected chi connectivity index (χ3v) is 1.98. The molecule has 15 heavy (non-hydrogen) atoms. The van der Waals surface area contributed by atoms with E-state index >= 15 is 0 Å². The molecule has 0 atom stereocenters. The van der Waals surface area contributed by atoms with Crippen LogP contribution in [-0.2, 0) is 0 Å². The predicted octanol–water partition coefficient (Wildman–Crippen LogP) is 1.29. The fourth-order valence-corrected chi connectivity index (χ4v) is 1.29. The first kappa shape index (κ1) is 9.39. The monoisotopic (exact) mass is 203 g/mol. The summed E-state index contributed by atoms with van der Waals surface area (Å²) in [5.74, 6) is 1.41. The molecule has 2 aromatic rings. The van der Waals surface area contributed by atoms with E-state index in [9.17, 15) is 4.79 Å². The number of aromatic nitrogens is 3. The average molecular weight is 203 g/mol. The van der Waals surface area contributed by atoms with Crippen molar-refractivity contribution in [3.05, 3.63) is 30.1 Å². The number of nitrogens with zero attached hydrogens (tertiary/aromatic N) is 2. The summed E-state index contributed by atoms with van der Waals surface area (Å²) in [6.07, 6.45) is 0.617. The minimum atomic E-state index is 0.205. The number of nitrogens with one attached hydrogen (secondary N) is 1. The Labute approximate surface area is 86.1 Å². The SMILES string of the molecule is COc1ccccc1-c1nnc(C=O)[nH]1. The minimum Gasteiger partial charge on any atom is -0.496 e. The van der Waals surface area contributed by atoms with Crippen molar-refractivity contribution in [3.8, 4) is 17.1 Å². The highest BCUT2D eigenvalue weighted by molar-refractivity contribution is 5.71. The zero-order valence-electron chi connectivity index (χ0n) is 8.10. The number of methoxy groups -OCH3 is 1. The number of carbonyl (C=O) groups is 1. The van der Waals surface area contributed by atoms with Gasteiger partial charge in [0.15, 0.2) is 17.9 Å². The van der Waals surface area contributed by atoms with Gasteiger partial charge in [0.2, 0.25) is 0 Å². The van der Waals surface area contributed by atoms with E-state index in [4.69, 9.17) is 4.74 Å². The fourth-order valence-electron chi connectivity index (χ4n) is 1.29. The molecule has 0 spiro atoms. The smallest absolute Gasteiger partial charge is 0.194 e. The maximum atomic E-state index is 10.4. The Kier molecular flexibility index (Phi) is 2.45. The lowest BCUT2D eigenvalue weighted by Gasteiger charge is -2.03. The van der Waals surface area contributed by atoms with Crippen LogP contribution in [0.2, 0.25) is 0 Å². The Morgan fingerprint density at radius 1 is 1.33 bits per heavy atom. The number of rotatable bonds is 3. The molecule has 76 valence electrons. The van der Waals surface area contributed by atoms with Crippen molar-refractivity contribution in [2.24, 2.45) is 0 Å². The first-order valence-electron chi connectivity index (χ1n) is 4.36. The van der Waals surface area contributed by atoms with E-state index in [0.717, 1.165) is 5.56 Å². The van der Waals surface area contributed by atoms with Crippen LogP contribution in [0.3, 0.4) is 0 Å². The van der Waals surface area contributed by atoms with E-state index in [1.807, 2.05) is 24.3 Å². The van der Waals surface area contributed by atoms with Crippen LogP contribution in [0.4, 0.5) is 0 Å². The third kappa shape index (κ3) is 1.71. The molecule has 0 aliphatic heterocycles. The molecular formula is C10H9N3O2. The molecule has 0 aliphatic carbocycles. The minimum absolute atomic E-state index is 0.205. The van der Waals surface area contributed by atoms with Gasteiger partial charge in [-0.25, -0.2) is 0 Å². The quantitative estimate of drug-likeness (QED) is 0.763. The van der Waals surface area contributed by atoms with Crippen molar-refractivity contribution in [1.82, 2.24) is 15.2 Å². The van der Waals surface area contributed by atoms with Crippen LogP contribution in [-0.4, -0.2) is 28.6 Å². The highest BCUT2D eigenvalue weighted by atomic mass is 16.5. The zero-order valence-corrected chi connectivity index (χ0v) is 8.10. The topological polar surface area (TPSA) is 67.9 Å². The predicted molar refractivity (Wildman–Crippen MR) is 53.8 cm³/mol. The lowest BCUT2D eigenvalue weighted by Crippen LogP contribution is -1.88. The molecule has 1 heterocycles. The van der Waals surface area contributed by atoms with Crippen molar-refractivity contribution < 1.29 is 9.53 Å². The van der Waals surface area contributed by atoms with Gasteiger partial charge in [-0.1, -0.05) is 12.1 Å². The van der Waals surface area contributed by atoms with Crippen molar-refractivity contribution in [1.29, 1.82) is 0 Å². The first-order chi connectivity index (χ1) is 7.35. The number of hydrogen-bond donors (Lipinski definition) is 1. The number of aromatic amines is 1. The summed E-state index contributed by atoms with van der Waals surface area (Å²) in [4.78, 5) is 13.2. The van der Waals surface area contributed by atoms with E-state index in [1.165, 1.54) is 0 Å². The van der Waals surface area contributed by atoms with Gasteiger partial charge >= 0.3 is 0 Å². The molecular weight excluding hydrogens is 194 g/mol. The molecule has 0 unspecified atom stereocenters. The van der Waals surface area contributed by atoms with Crippen molar-refractivity contribution in [2.75, 3.05) is 7.11 Å². The maximum absolute atomic E-state index is 10.4. The summed E-state index contributed by atoms with van der Waals surface area (Å²) in [6.45, 7) is 0. The van der Waals surface area contributed by atoms with E-state index in [-0.39, 0.29) is 5.82 Å². The molecule has 1 aromatic carbocycles. The van der Waals surface area contributed by atoms with E-state index in [0.29, 0.717) is 17.9 Å². The van der Waals surface area contributed by atoms with Crippen LogP contribution < -0.4 is 4.74 Å². The van der Waals surface area contributed by atoms with Gasteiger partial charge in [-0.2, -0.15) is 0 Å². The number of H-pyrrole nitrogens is 1. The lowest BCUT2D eigenvalue weighted by molar-refractivity contribution is 0.111. The van der Waals surface area contributed by atoms with Crippen molar-refractivity contribution in [3.63, 3.8) is 0 Å². The summed E-state index contributed by atoms with van der Waals surface area (Å²) in [5.41, 5.74) is 0.778. The van der Waals surface area contributed by atoms with E-state index < -0.39 is 0 Å². The second-order valence-electron chi connectivity index (χ2n) is 2.88. The summed E-state index contributed by atoms with van der Waals surface area (Å²) in [6, 6.07) is 7.38. The Balaban J connectivity index is 2.48. The third-order valence-electron chi connectivity index (χ3n) is 1.98. The van der Waals surface area contributed by atoms with Gasteiger partial charge in [-0.05, 0) is 12.1 Å². The van der Waals surface area contributed by atoms with Gasteiger partial charge in [-0.15, -0.1) is 10.2 Å². The second kappa shape index (κ2) is 3.91. The highest BCUT2D eigenvalue weighted by Crippen LogP contribution is 2.26. The number of benzene rings is 1. The van der Waals surface area contributed by atoms with Crippen molar-refractivity contribution >= 4 is 6.29 Å². The van der Waals surface area contributed by atoms with Gasteiger partial charge in [0.25, 0.3) is 0 Å². The van der Waals surface area contributed by atoms with E-state index in [2.05, 4.69) is 15.2 Å². The normalized spacial score (nSPS) is 9.93. The molecule has 0 fully saturated rings. The Morgan fingerprint density at radius 2 is 2.13 bits per heavy atom. The molecule has 0 bridgehead atoms. The fraction of sp³-hybridized carbons (Fsp3) is 0.100. The molecule has 0 saturated carbocycles. The molecule has 2 rings (SSSR count). The standard InChI is InChI=1S/C10H9N3O2/c1-15-8-5-3-2-4-7(8)10-11-9(6-14)12-13-10/h2-6H,1H3,(H,11,12,13). The summed E-state index contributed by atoms with van der Waals surface area (Å²) in [5, 5.41) is 7.51. The number of hydrogen-bond acceptors (Lipinski definition) is 4. The molecule has 1 aromatic heterocycles. The number of ether oxygens (including phenoxy) is 1. The Hall–Kier alpha value is -2.17. The molecule has 5 nitrogen and oxygen atoms in total. The highest BCUT2D eigenvalue weighted by Gasteiger charge is 2.09. The molecule has 0 saturated heterocycles. The Bertz CT molecular complexity index is 479. The van der Waals surface area contributed by atoms with Gasteiger partial charge in [0.1, 0.15) is 5.75 Å². The Morgan fingerprint density at radius 3 is 2.80 bits per heavy atom. The van der Waals surface area contributed by atoms with Crippen LogP contribution in [0.25, 0.3) is 11.4 Å². The molecule has 5 heteroatoms. The number of para-hydroxylation sites is 1. The first-order valence-corrected chi connectivity index (χ1v) is 4.36. The molecule has 0 aliphatic rings. The van der Waals surface area contributed by atoms with Crippen LogP contribution in [0.5, 0.6) is 5.75 Å². The van der Waals surface area contributed by atoms with Crippen LogP contribution >= 0.6 is 0 Å². The van der Waals surface area contributed by atoms with Gasteiger partial charge in [-0.3, -0.25) is 4.79 Å². The van der Waals surface area contributed by atoms with Gasteiger partial charge < -0.3 is 9.72 Å². The molecule has 1 N–H and O–H groups in total. The maximum Gasteiger partial charge on any atom is 0.194 e. The van der Waals surface area contributed by atoms with Crippen LogP contribution in [0.15, 0.2) is 24.3 Å². The van der Waals surface area contributed by atoms with Gasteiger partial charge in [0.05, 0.1) is 12.7 Å². The average Bonchev–Trinajstić information content (AvgIpc) is 2.77. The second-order valence-corrected chi connectivity index (χ2v) is 2.88. The van der Waals surface area contributed by atoms with Crippen LogP contribution in [0, 0.1) is 0 Å². The molecule has 0 radical (unpaired) electrons. The lowest BCUT2D eigenvalue weighted by atomic mass is 10.2. The number of aldehydes is 1. The van der Waals surface area contributed by atoms with Gasteiger partial charge in [0, 0.05) is 0 Å². The van der Waals surface area contributed by atoms with Crippen LogP contribution in [0.1, 0.15) is 10.6 Å². The summed E-state index contributed by atoms with van der Waals surface area (Å²) >= 11 is 0. The number of carbonyl (C=O) groups excluding carboxylic acids is 1. The largest absolute Gasteiger partial charge is 0.496 e.